The molecule has 1 N–H and O–H groups in total. The third-order valence-electron chi connectivity index (χ3n) is 1.55. The summed E-state index contributed by atoms with van der Waals surface area (Å²) >= 11 is 0. The predicted octanol–water partition coefficient (Wildman–Crippen LogP) is 0.404. The van der Waals surface area contributed by atoms with Crippen LogP contribution in [0.5, 0.6) is 0 Å². The number of ether oxygens (including phenoxy) is 1. The van der Waals surface area contributed by atoms with Gasteiger partial charge in [0.15, 0.2) is 0 Å². The topological polar surface area (TPSA) is 29.5 Å². The van der Waals surface area contributed by atoms with E-state index in [9.17, 15) is 0 Å². The minimum Gasteiger partial charge on any atom is -0.394 e. The van der Waals surface area contributed by atoms with Gasteiger partial charge in [0.2, 0.25) is 0 Å². The van der Waals surface area contributed by atoms with Crippen LogP contribution in [0.15, 0.2) is 0 Å². The minimum atomic E-state index is -0.405. The Labute approximate surface area is 50.9 Å². The molecule has 3 atom stereocenters. The number of aliphatic hydroxyl groups excluding tert-OH is 1. The molecule has 0 radical (unpaired) electrons. The summed E-state index contributed by atoms with van der Waals surface area (Å²) < 4.78 is 12.2. The van der Waals surface area contributed by atoms with Gasteiger partial charge in [-0.1, -0.05) is 6.92 Å². The molecule has 8 heavy (non-hydrogen) atoms. The van der Waals surface area contributed by atoms with Crippen LogP contribution in [0.2, 0.25) is 0 Å². The largest absolute Gasteiger partial charge is 0.394 e. The summed E-state index contributed by atoms with van der Waals surface area (Å²) in [5, 5.41) is 8.65. The van der Waals surface area contributed by atoms with Crippen LogP contribution in [-0.2, 0) is 4.74 Å². The fourth-order valence-electron chi connectivity index (χ4n) is 0.840. The summed E-state index contributed by atoms with van der Waals surface area (Å²) in [6.45, 7) is 1.64. The summed E-state index contributed by atoms with van der Waals surface area (Å²) in [5.74, 6) is 0.345. The average Bonchev–Trinajstić information content (AvgIpc) is 2.10. The fraction of sp³-hybridized carbons (Fsp3) is 1.00. The summed E-state index contributed by atoms with van der Waals surface area (Å²) in [6, 6.07) is 0. The lowest BCUT2D eigenvalue weighted by atomic mass is 10.1. The van der Waals surface area contributed by atoms with E-state index in [0.717, 1.165) is 6.42 Å². The van der Waals surface area contributed by atoms with Gasteiger partial charge in [-0.25, -0.2) is 0 Å². The molecular formula is C6H12O2. The Bertz CT molecular complexity index is 97.1. The molecule has 1 aliphatic heterocycles. The molecule has 2 heteroatoms. The molecule has 2 nitrogen and oxygen atoms in total. The van der Waals surface area contributed by atoms with Gasteiger partial charge in [0.05, 0.1) is 14.1 Å². The van der Waals surface area contributed by atoms with Crippen molar-refractivity contribution < 1.29 is 11.2 Å². The zero-order valence-corrected chi connectivity index (χ0v) is 5.00. The lowest BCUT2D eigenvalue weighted by Crippen LogP contribution is -2.17. The van der Waals surface area contributed by atoms with Crippen LogP contribution >= 0.6 is 0 Å². The van der Waals surface area contributed by atoms with E-state index in [4.69, 9.17) is 11.2 Å². The molecule has 0 aliphatic carbocycles. The van der Waals surface area contributed by atoms with Crippen LogP contribution in [0.4, 0.5) is 0 Å². The molecule has 48 valence electrons. The molecule has 1 rings (SSSR count). The Morgan fingerprint density at radius 1 is 2.00 bits per heavy atom. The molecule has 0 aromatic rings. The van der Waals surface area contributed by atoms with Crippen LogP contribution in [-0.4, -0.2) is 24.4 Å². The third-order valence-corrected chi connectivity index (χ3v) is 1.55. The maximum atomic E-state index is 8.65. The first-order valence-electron chi connectivity index (χ1n) is 3.50. The second kappa shape index (κ2) is 2.46. The van der Waals surface area contributed by atoms with Crippen molar-refractivity contribution in [2.45, 2.75) is 19.4 Å². The van der Waals surface area contributed by atoms with E-state index in [0.29, 0.717) is 5.92 Å². The van der Waals surface area contributed by atoms with E-state index in [1.807, 2.05) is 6.92 Å². The van der Waals surface area contributed by atoms with Crippen molar-refractivity contribution >= 4 is 0 Å². The zero-order chi connectivity index (χ0) is 6.85. The Morgan fingerprint density at radius 2 is 2.75 bits per heavy atom. The fourth-order valence-corrected chi connectivity index (χ4v) is 0.840. The average molecular weight is 118 g/mol. The maximum Gasteiger partial charge on any atom is 0.0832 e. The SMILES string of the molecule is [3H][C@@H]1C[C@H](C)[C@@H](CO)O1. The van der Waals surface area contributed by atoms with Gasteiger partial charge >= 0.3 is 0 Å². The van der Waals surface area contributed by atoms with Gasteiger partial charge in [-0.05, 0) is 12.3 Å². The van der Waals surface area contributed by atoms with Crippen molar-refractivity contribution in [1.82, 2.24) is 0 Å². The van der Waals surface area contributed by atoms with E-state index < -0.39 is 6.58 Å². The van der Waals surface area contributed by atoms with Gasteiger partial charge < -0.3 is 9.84 Å². The molecule has 0 unspecified atom stereocenters. The first kappa shape index (κ1) is 4.77. The molecule has 0 amide bonds. The first-order valence-corrected chi connectivity index (χ1v) is 2.92. The van der Waals surface area contributed by atoms with Crippen LogP contribution < -0.4 is 0 Å². The van der Waals surface area contributed by atoms with Crippen LogP contribution in [0.3, 0.4) is 0 Å². The van der Waals surface area contributed by atoms with Crippen LogP contribution in [0.1, 0.15) is 14.7 Å². The second-order valence-electron chi connectivity index (χ2n) is 2.24. The van der Waals surface area contributed by atoms with Gasteiger partial charge in [-0.3, -0.25) is 0 Å². The van der Waals surface area contributed by atoms with E-state index in [-0.39, 0.29) is 12.7 Å². The van der Waals surface area contributed by atoms with Crippen LogP contribution in [0, 0.1) is 5.92 Å². The Morgan fingerprint density at radius 3 is 3.00 bits per heavy atom. The molecular weight excluding hydrogens is 104 g/mol. The monoisotopic (exact) mass is 118 g/mol. The highest BCUT2D eigenvalue weighted by Gasteiger charge is 2.22. The third kappa shape index (κ3) is 1.01. The van der Waals surface area contributed by atoms with Crippen molar-refractivity contribution in [3.05, 3.63) is 0 Å². The summed E-state index contributed by atoms with van der Waals surface area (Å²) in [4.78, 5) is 0. The molecule has 0 bridgehead atoms. The van der Waals surface area contributed by atoms with Gasteiger partial charge in [-0.2, -0.15) is 0 Å². The smallest absolute Gasteiger partial charge is 0.0832 e. The summed E-state index contributed by atoms with van der Waals surface area (Å²) in [6.07, 6.45) is 0.665. The Kier molecular flexibility index (Phi) is 1.47. The summed E-state index contributed by atoms with van der Waals surface area (Å²) in [7, 11) is 0. The zero-order valence-electron chi connectivity index (χ0n) is 6.00. The molecule has 0 spiro atoms. The van der Waals surface area contributed by atoms with E-state index in [2.05, 4.69) is 0 Å². The predicted molar refractivity (Wildman–Crippen MR) is 30.6 cm³/mol. The molecule has 1 aliphatic rings. The number of hydrogen-bond donors (Lipinski definition) is 1. The van der Waals surface area contributed by atoms with Crippen molar-refractivity contribution in [3.8, 4) is 0 Å². The normalized spacial score (nSPS) is 49.2. The van der Waals surface area contributed by atoms with Crippen molar-refractivity contribution in [3.63, 3.8) is 0 Å². The standard InChI is InChI=1S/C6H12O2/c1-5-2-3-8-6(5)4-7/h5-7H,2-4H2,1H3/t5-,6+/m0/s1/i3T/t3-,5+,6-/m1. The molecule has 1 fully saturated rings. The quantitative estimate of drug-likeness (QED) is 0.540. The van der Waals surface area contributed by atoms with Gasteiger partial charge in [-0.15, -0.1) is 0 Å². The highest BCUT2D eigenvalue weighted by molar-refractivity contribution is 4.70. The lowest BCUT2D eigenvalue weighted by molar-refractivity contribution is 0.0431. The Hall–Kier alpha value is -0.0800. The van der Waals surface area contributed by atoms with E-state index in [1.165, 1.54) is 0 Å². The summed E-state index contributed by atoms with van der Waals surface area (Å²) in [5.41, 5.74) is 0. The molecule has 1 heterocycles. The highest BCUT2D eigenvalue weighted by Crippen LogP contribution is 2.18. The van der Waals surface area contributed by atoms with Crippen molar-refractivity contribution in [1.29, 1.82) is 0 Å². The van der Waals surface area contributed by atoms with Gasteiger partial charge in [0.25, 0.3) is 0 Å². The van der Waals surface area contributed by atoms with Crippen LogP contribution in [0.25, 0.3) is 0 Å². The minimum absolute atomic E-state index is 0.0521. The molecule has 0 aromatic carbocycles. The maximum absolute atomic E-state index is 8.65. The molecule has 0 aromatic heterocycles. The second-order valence-corrected chi connectivity index (χ2v) is 2.24. The number of aliphatic hydroxyl groups is 1. The first-order chi connectivity index (χ1) is 4.24. The van der Waals surface area contributed by atoms with E-state index in [1.54, 1.807) is 0 Å². The molecule has 1 saturated heterocycles. The van der Waals surface area contributed by atoms with Gasteiger partial charge in [0, 0.05) is 6.58 Å². The van der Waals surface area contributed by atoms with Crippen molar-refractivity contribution in [2.75, 3.05) is 13.2 Å². The number of rotatable bonds is 1. The lowest BCUT2D eigenvalue weighted by Gasteiger charge is -2.08. The molecule has 0 saturated carbocycles. The highest BCUT2D eigenvalue weighted by atomic mass is 16.5. The Balaban J connectivity index is 2.38. The van der Waals surface area contributed by atoms with Crippen molar-refractivity contribution in [2.24, 2.45) is 5.92 Å². The van der Waals surface area contributed by atoms with E-state index >= 15 is 0 Å². The number of hydrogen-bond acceptors (Lipinski definition) is 2. The van der Waals surface area contributed by atoms with Gasteiger partial charge in [0.1, 0.15) is 0 Å².